The van der Waals surface area contributed by atoms with Crippen LogP contribution in [0.5, 0.6) is 0 Å². The van der Waals surface area contributed by atoms with E-state index in [0.29, 0.717) is 6.42 Å². The Morgan fingerprint density at radius 1 is 1.21 bits per heavy atom. The summed E-state index contributed by atoms with van der Waals surface area (Å²) >= 11 is 0. The maximum absolute atomic E-state index is 12.4. The molecule has 1 unspecified atom stereocenters. The van der Waals surface area contributed by atoms with Gasteiger partial charge in [0.2, 0.25) is 5.91 Å². The fourth-order valence-electron chi connectivity index (χ4n) is 3.30. The molecule has 1 amide bonds. The summed E-state index contributed by atoms with van der Waals surface area (Å²) < 4.78 is 0. The van der Waals surface area contributed by atoms with Crippen LogP contribution >= 0.6 is 0 Å². The number of nitrogens with one attached hydrogen (secondary N) is 1. The van der Waals surface area contributed by atoms with Crippen LogP contribution in [-0.4, -0.2) is 10.9 Å². The van der Waals surface area contributed by atoms with Gasteiger partial charge in [-0.3, -0.25) is 9.78 Å². The lowest BCUT2D eigenvalue weighted by molar-refractivity contribution is -0.120. The number of fused-ring (bicyclic) bond motifs is 3. The van der Waals surface area contributed by atoms with Gasteiger partial charge in [0.1, 0.15) is 0 Å². The van der Waals surface area contributed by atoms with Crippen molar-refractivity contribution in [1.29, 1.82) is 0 Å². The second kappa shape index (κ2) is 3.35. The minimum absolute atomic E-state index is 0.0743. The molecular formula is C15H13N3O. The van der Waals surface area contributed by atoms with E-state index in [-0.39, 0.29) is 5.91 Å². The van der Waals surface area contributed by atoms with Crippen molar-refractivity contribution in [3.8, 4) is 0 Å². The number of rotatable bonds is 0. The van der Waals surface area contributed by atoms with E-state index >= 15 is 0 Å². The molecule has 0 bridgehead atoms. The maximum atomic E-state index is 12.4. The monoisotopic (exact) mass is 251 g/mol. The second-order valence-corrected chi connectivity index (χ2v) is 5.34. The van der Waals surface area contributed by atoms with Gasteiger partial charge in [0.25, 0.3) is 0 Å². The van der Waals surface area contributed by atoms with E-state index in [0.717, 1.165) is 23.4 Å². The molecule has 0 radical (unpaired) electrons. The van der Waals surface area contributed by atoms with Crippen LogP contribution in [0, 0.1) is 0 Å². The number of pyridine rings is 1. The van der Waals surface area contributed by atoms with E-state index in [1.54, 1.807) is 6.20 Å². The smallest absolute Gasteiger partial charge is 0.235 e. The van der Waals surface area contributed by atoms with Crippen molar-refractivity contribution in [3.05, 3.63) is 53.3 Å². The molecule has 4 nitrogen and oxygen atoms in total. The van der Waals surface area contributed by atoms with Crippen LogP contribution in [0.2, 0.25) is 0 Å². The molecule has 0 saturated carbocycles. The van der Waals surface area contributed by atoms with Gasteiger partial charge in [-0.2, -0.15) is 0 Å². The number of carbonyl (C=O) groups excluding carboxylic acids is 1. The lowest BCUT2D eigenvalue weighted by atomic mass is 9.80. The van der Waals surface area contributed by atoms with Gasteiger partial charge in [0.05, 0.1) is 5.41 Å². The maximum Gasteiger partial charge on any atom is 0.235 e. The molecule has 4 heteroatoms. The number of nitrogens with zero attached hydrogens (tertiary/aromatic N) is 1. The minimum Gasteiger partial charge on any atom is -0.399 e. The first-order valence-corrected chi connectivity index (χ1v) is 6.32. The van der Waals surface area contributed by atoms with E-state index in [9.17, 15) is 4.79 Å². The Kier molecular flexibility index (Phi) is 1.86. The van der Waals surface area contributed by atoms with Gasteiger partial charge in [0.15, 0.2) is 0 Å². The highest BCUT2D eigenvalue weighted by atomic mass is 16.2. The van der Waals surface area contributed by atoms with Crippen molar-refractivity contribution in [1.82, 2.24) is 4.98 Å². The largest absolute Gasteiger partial charge is 0.399 e. The standard InChI is InChI=1S/C15H13N3O/c16-11-2-1-9-6-15(7-10(9)5-11)12-8-17-4-3-13(12)18-14(15)19/h1-5,8H,6-7,16H2,(H,18,19). The molecule has 2 aliphatic rings. The minimum atomic E-state index is -0.486. The van der Waals surface area contributed by atoms with Crippen LogP contribution in [0.3, 0.4) is 0 Å². The second-order valence-electron chi connectivity index (χ2n) is 5.34. The molecule has 1 aliphatic carbocycles. The zero-order valence-corrected chi connectivity index (χ0v) is 10.3. The van der Waals surface area contributed by atoms with Crippen molar-refractivity contribution in [2.45, 2.75) is 18.3 Å². The summed E-state index contributed by atoms with van der Waals surface area (Å²) in [6.07, 6.45) is 4.95. The number of carbonyl (C=O) groups is 1. The van der Waals surface area contributed by atoms with Gasteiger partial charge >= 0.3 is 0 Å². The summed E-state index contributed by atoms with van der Waals surface area (Å²) in [5, 5.41) is 2.97. The zero-order valence-electron chi connectivity index (χ0n) is 10.3. The number of aromatic nitrogens is 1. The average Bonchev–Trinajstić information content (AvgIpc) is 2.90. The highest BCUT2D eigenvalue weighted by molar-refractivity contribution is 6.07. The fourth-order valence-corrected chi connectivity index (χ4v) is 3.30. The first kappa shape index (κ1) is 10.6. The van der Waals surface area contributed by atoms with E-state index in [1.807, 2.05) is 30.5 Å². The van der Waals surface area contributed by atoms with Crippen molar-refractivity contribution < 1.29 is 4.79 Å². The normalized spacial score (nSPS) is 23.3. The predicted molar refractivity (Wildman–Crippen MR) is 72.8 cm³/mol. The summed E-state index contributed by atoms with van der Waals surface area (Å²) in [6.45, 7) is 0. The van der Waals surface area contributed by atoms with E-state index in [1.165, 1.54) is 11.1 Å². The van der Waals surface area contributed by atoms with Crippen molar-refractivity contribution >= 4 is 17.3 Å². The van der Waals surface area contributed by atoms with Gasteiger partial charge in [0, 0.05) is 29.3 Å². The van der Waals surface area contributed by atoms with E-state index in [2.05, 4.69) is 10.3 Å². The van der Waals surface area contributed by atoms with Gasteiger partial charge in [-0.25, -0.2) is 0 Å². The average molecular weight is 251 g/mol. The Bertz CT molecular complexity index is 710. The molecule has 1 atom stereocenters. The Morgan fingerprint density at radius 3 is 2.95 bits per heavy atom. The molecule has 1 spiro atoms. The quantitative estimate of drug-likeness (QED) is 0.700. The topological polar surface area (TPSA) is 68.0 Å². The van der Waals surface area contributed by atoms with Gasteiger partial charge in [-0.1, -0.05) is 6.07 Å². The molecule has 3 N–H and O–H groups in total. The Hall–Kier alpha value is -2.36. The first-order valence-electron chi connectivity index (χ1n) is 6.32. The lowest BCUT2D eigenvalue weighted by Gasteiger charge is -2.20. The number of nitrogen functional groups attached to an aromatic ring is 1. The number of hydrogen-bond acceptors (Lipinski definition) is 3. The summed E-state index contributed by atoms with van der Waals surface area (Å²) in [5.41, 5.74) is 10.4. The Labute approximate surface area is 110 Å². The fraction of sp³-hybridized carbons (Fsp3) is 0.200. The van der Waals surface area contributed by atoms with Crippen molar-refractivity contribution in [2.24, 2.45) is 0 Å². The van der Waals surface area contributed by atoms with Gasteiger partial charge < -0.3 is 11.1 Å². The molecule has 2 aromatic rings. The molecule has 94 valence electrons. The molecule has 0 fully saturated rings. The van der Waals surface area contributed by atoms with Crippen LogP contribution in [-0.2, 0) is 23.1 Å². The third kappa shape index (κ3) is 1.28. The van der Waals surface area contributed by atoms with Crippen LogP contribution in [0.4, 0.5) is 11.4 Å². The predicted octanol–water partition coefficient (Wildman–Crippen LogP) is 1.65. The molecule has 4 rings (SSSR count). The molecular weight excluding hydrogens is 238 g/mol. The van der Waals surface area contributed by atoms with Crippen LogP contribution in [0.25, 0.3) is 0 Å². The zero-order chi connectivity index (χ0) is 13.0. The van der Waals surface area contributed by atoms with Crippen LogP contribution in [0.1, 0.15) is 16.7 Å². The van der Waals surface area contributed by atoms with E-state index < -0.39 is 5.41 Å². The molecule has 1 aromatic carbocycles. The Balaban J connectivity index is 1.88. The number of nitrogens with two attached hydrogens (primary N) is 1. The number of hydrogen-bond donors (Lipinski definition) is 2. The summed E-state index contributed by atoms with van der Waals surface area (Å²) in [6, 6.07) is 7.76. The Morgan fingerprint density at radius 2 is 2.05 bits per heavy atom. The van der Waals surface area contributed by atoms with Crippen molar-refractivity contribution in [3.63, 3.8) is 0 Å². The summed E-state index contributed by atoms with van der Waals surface area (Å²) in [5.74, 6) is 0.0743. The highest BCUT2D eigenvalue weighted by Crippen LogP contribution is 2.47. The van der Waals surface area contributed by atoms with Crippen LogP contribution in [0.15, 0.2) is 36.7 Å². The SMILES string of the molecule is Nc1ccc2c(c1)CC1(C2)C(=O)Nc2ccncc21. The van der Waals surface area contributed by atoms with Gasteiger partial charge in [-0.05, 0) is 42.2 Å². The molecule has 0 saturated heterocycles. The molecule has 1 aromatic heterocycles. The summed E-state index contributed by atoms with van der Waals surface area (Å²) in [7, 11) is 0. The van der Waals surface area contributed by atoms with Crippen molar-refractivity contribution in [2.75, 3.05) is 11.1 Å². The van der Waals surface area contributed by atoms with Crippen LogP contribution < -0.4 is 11.1 Å². The van der Waals surface area contributed by atoms with E-state index in [4.69, 9.17) is 5.73 Å². The highest BCUT2D eigenvalue weighted by Gasteiger charge is 2.50. The lowest BCUT2D eigenvalue weighted by Crippen LogP contribution is -2.35. The van der Waals surface area contributed by atoms with Gasteiger partial charge in [-0.15, -0.1) is 0 Å². The molecule has 2 heterocycles. The molecule has 19 heavy (non-hydrogen) atoms. The number of anilines is 2. The number of benzene rings is 1. The number of amides is 1. The molecule has 1 aliphatic heterocycles. The first-order chi connectivity index (χ1) is 9.19. The third-order valence-electron chi connectivity index (χ3n) is 4.23. The third-order valence-corrected chi connectivity index (χ3v) is 4.23. The summed E-state index contributed by atoms with van der Waals surface area (Å²) in [4.78, 5) is 16.6.